The molecule has 0 saturated heterocycles. The molecule has 0 atom stereocenters. The molecule has 5 nitrogen and oxygen atoms in total. The van der Waals surface area contributed by atoms with Crippen molar-refractivity contribution in [1.82, 2.24) is 4.90 Å². The van der Waals surface area contributed by atoms with Crippen LogP contribution in [-0.2, 0) is 16.1 Å². The van der Waals surface area contributed by atoms with E-state index in [1.165, 1.54) is 0 Å². The summed E-state index contributed by atoms with van der Waals surface area (Å²) in [6.45, 7) is 8.96. The number of benzene rings is 1. The van der Waals surface area contributed by atoms with Crippen molar-refractivity contribution in [3.63, 3.8) is 0 Å². The minimum atomic E-state index is -0.425. The van der Waals surface area contributed by atoms with Gasteiger partial charge in [-0.25, -0.2) is 4.79 Å². The third kappa shape index (κ3) is 6.02. The Kier molecular flexibility index (Phi) is 7.75. The molecule has 0 N–H and O–H groups in total. The van der Waals surface area contributed by atoms with Gasteiger partial charge in [0.25, 0.3) is 5.91 Å². The molecule has 1 rings (SSSR count). The van der Waals surface area contributed by atoms with Gasteiger partial charge in [-0.05, 0) is 51.0 Å². The Morgan fingerprint density at radius 1 is 1.13 bits per heavy atom. The van der Waals surface area contributed by atoms with Gasteiger partial charge in [-0.3, -0.25) is 4.79 Å². The summed E-state index contributed by atoms with van der Waals surface area (Å²) in [5.41, 5.74) is 1.65. The Balaban J connectivity index is 3.12. The fourth-order valence-electron chi connectivity index (χ4n) is 2.15. The van der Waals surface area contributed by atoms with Gasteiger partial charge in [-0.2, -0.15) is 0 Å². The molecule has 128 valence electrons. The topological polar surface area (TPSA) is 55.8 Å². The second-order valence-electron chi connectivity index (χ2n) is 5.73. The molecule has 0 heterocycles. The summed E-state index contributed by atoms with van der Waals surface area (Å²) in [4.78, 5) is 26.2. The number of ether oxygens (including phenoxy) is 2. The summed E-state index contributed by atoms with van der Waals surface area (Å²) in [6, 6.07) is 5.09. The van der Waals surface area contributed by atoms with Gasteiger partial charge in [0, 0.05) is 19.2 Å². The number of amides is 1. The molecule has 1 aromatic carbocycles. The van der Waals surface area contributed by atoms with Crippen molar-refractivity contribution >= 4 is 11.9 Å². The molecular weight excluding hydrogens is 294 g/mol. The van der Waals surface area contributed by atoms with Gasteiger partial charge in [-0.15, -0.1) is 0 Å². The molecule has 0 aliphatic carbocycles. The molecule has 23 heavy (non-hydrogen) atoms. The number of carbonyl (C=O) groups excluding carboxylic acids is 2. The summed E-state index contributed by atoms with van der Waals surface area (Å²) in [6.07, 6.45) is 0.950. The normalized spacial score (nSPS) is 10.7. The maximum Gasteiger partial charge on any atom is 0.338 e. The average molecular weight is 321 g/mol. The lowest BCUT2D eigenvalue weighted by atomic mass is 10.0. The van der Waals surface area contributed by atoms with E-state index in [9.17, 15) is 9.59 Å². The monoisotopic (exact) mass is 321 g/mol. The Bertz CT molecular complexity index is 540. The molecular formula is C18H27NO4. The molecule has 0 saturated carbocycles. The van der Waals surface area contributed by atoms with E-state index in [0.717, 1.165) is 12.0 Å². The molecule has 0 unspecified atom stereocenters. The van der Waals surface area contributed by atoms with Crippen LogP contribution in [0.2, 0.25) is 0 Å². The first-order chi connectivity index (χ1) is 10.9. The highest BCUT2D eigenvalue weighted by atomic mass is 16.5. The Labute approximate surface area is 138 Å². The SMILES string of the molecule is CCCN(C)C(=O)c1cc(COC(C)C)cc(C(=O)OCC)c1. The number of carbonyl (C=O) groups is 2. The standard InChI is InChI=1S/C18H27NO4/c1-6-8-19(5)17(20)15-9-14(12-23-13(3)4)10-16(11-15)18(21)22-7-2/h9-11,13H,6-8,12H2,1-5H3. The van der Waals surface area contributed by atoms with Gasteiger partial charge >= 0.3 is 5.97 Å². The van der Waals surface area contributed by atoms with Crippen LogP contribution in [-0.4, -0.2) is 43.1 Å². The van der Waals surface area contributed by atoms with E-state index >= 15 is 0 Å². The fraction of sp³-hybridized carbons (Fsp3) is 0.556. The van der Waals surface area contributed by atoms with E-state index in [2.05, 4.69) is 0 Å². The first-order valence-electron chi connectivity index (χ1n) is 8.07. The molecule has 0 spiro atoms. The van der Waals surface area contributed by atoms with Crippen LogP contribution in [0.5, 0.6) is 0 Å². The quantitative estimate of drug-likeness (QED) is 0.690. The van der Waals surface area contributed by atoms with Crippen LogP contribution in [0.25, 0.3) is 0 Å². The minimum absolute atomic E-state index is 0.0724. The van der Waals surface area contributed by atoms with Crippen molar-refractivity contribution in [2.24, 2.45) is 0 Å². The molecule has 1 aromatic rings. The smallest absolute Gasteiger partial charge is 0.338 e. The van der Waals surface area contributed by atoms with Gasteiger partial charge in [0.2, 0.25) is 0 Å². The Hall–Kier alpha value is -1.88. The lowest BCUT2D eigenvalue weighted by Gasteiger charge is -2.17. The van der Waals surface area contributed by atoms with Crippen LogP contribution in [0, 0.1) is 0 Å². The number of rotatable bonds is 8. The van der Waals surface area contributed by atoms with Crippen molar-refractivity contribution in [1.29, 1.82) is 0 Å². The molecule has 0 aliphatic rings. The van der Waals surface area contributed by atoms with E-state index in [0.29, 0.717) is 30.9 Å². The molecule has 0 radical (unpaired) electrons. The largest absolute Gasteiger partial charge is 0.462 e. The molecule has 0 fully saturated rings. The highest BCUT2D eigenvalue weighted by Gasteiger charge is 2.16. The summed E-state index contributed by atoms with van der Waals surface area (Å²) in [5.74, 6) is -0.533. The first kappa shape index (κ1) is 19.2. The third-order valence-electron chi connectivity index (χ3n) is 3.24. The van der Waals surface area contributed by atoms with Crippen LogP contribution in [0.3, 0.4) is 0 Å². The van der Waals surface area contributed by atoms with E-state index in [-0.39, 0.29) is 12.0 Å². The summed E-state index contributed by atoms with van der Waals surface area (Å²) in [5, 5.41) is 0. The molecule has 0 bridgehead atoms. The number of hydrogen-bond acceptors (Lipinski definition) is 4. The zero-order valence-electron chi connectivity index (χ0n) is 14.7. The lowest BCUT2D eigenvalue weighted by Crippen LogP contribution is -2.27. The Morgan fingerprint density at radius 3 is 2.35 bits per heavy atom. The second kappa shape index (κ2) is 9.30. The van der Waals surface area contributed by atoms with Gasteiger partial charge in [-0.1, -0.05) is 6.92 Å². The van der Waals surface area contributed by atoms with Crippen LogP contribution in [0.4, 0.5) is 0 Å². The summed E-state index contributed by atoms with van der Waals surface area (Å²) in [7, 11) is 1.76. The highest BCUT2D eigenvalue weighted by molar-refractivity contribution is 5.98. The maximum absolute atomic E-state index is 12.5. The van der Waals surface area contributed by atoms with Gasteiger partial charge in [0.1, 0.15) is 0 Å². The molecule has 0 aliphatic heterocycles. The number of esters is 1. The summed E-state index contributed by atoms with van der Waals surface area (Å²) < 4.78 is 10.6. The number of hydrogen-bond donors (Lipinski definition) is 0. The number of nitrogens with zero attached hydrogens (tertiary/aromatic N) is 1. The highest BCUT2D eigenvalue weighted by Crippen LogP contribution is 2.15. The van der Waals surface area contributed by atoms with Gasteiger partial charge in [0.05, 0.1) is 24.9 Å². The second-order valence-corrected chi connectivity index (χ2v) is 5.73. The summed E-state index contributed by atoms with van der Waals surface area (Å²) >= 11 is 0. The zero-order valence-corrected chi connectivity index (χ0v) is 14.7. The Morgan fingerprint density at radius 2 is 1.78 bits per heavy atom. The van der Waals surface area contributed by atoms with Crippen LogP contribution in [0.1, 0.15) is 60.4 Å². The average Bonchev–Trinajstić information content (AvgIpc) is 2.52. The van der Waals surface area contributed by atoms with Crippen molar-refractivity contribution in [2.75, 3.05) is 20.2 Å². The fourth-order valence-corrected chi connectivity index (χ4v) is 2.15. The van der Waals surface area contributed by atoms with E-state index in [1.807, 2.05) is 20.8 Å². The van der Waals surface area contributed by atoms with Crippen LogP contribution in [0.15, 0.2) is 18.2 Å². The van der Waals surface area contributed by atoms with Crippen LogP contribution < -0.4 is 0 Å². The predicted octanol–water partition coefficient (Wildman–Crippen LogP) is 3.27. The van der Waals surface area contributed by atoms with Crippen molar-refractivity contribution in [3.8, 4) is 0 Å². The molecule has 5 heteroatoms. The predicted molar refractivity (Wildman–Crippen MR) is 89.6 cm³/mol. The zero-order chi connectivity index (χ0) is 17.4. The van der Waals surface area contributed by atoms with Crippen LogP contribution >= 0.6 is 0 Å². The van der Waals surface area contributed by atoms with Gasteiger partial charge < -0.3 is 14.4 Å². The third-order valence-corrected chi connectivity index (χ3v) is 3.24. The maximum atomic E-state index is 12.5. The molecule has 0 aromatic heterocycles. The first-order valence-corrected chi connectivity index (χ1v) is 8.07. The van der Waals surface area contributed by atoms with E-state index in [1.54, 1.807) is 37.1 Å². The van der Waals surface area contributed by atoms with E-state index < -0.39 is 5.97 Å². The van der Waals surface area contributed by atoms with Crippen molar-refractivity contribution < 1.29 is 19.1 Å². The van der Waals surface area contributed by atoms with Crippen molar-refractivity contribution in [2.45, 2.75) is 46.8 Å². The lowest BCUT2D eigenvalue weighted by molar-refractivity contribution is 0.0524. The van der Waals surface area contributed by atoms with E-state index in [4.69, 9.17) is 9.47 Å². The van der Waals surface area contributed by atoms with Crippen molar-refractivity contribution in [3.05, 3.63) is 34.9 Å². The minimum Gasteiger partial charge on any atom is -0.462 e. The van der Waals surface area contributed by atoms with Gasteiger partial charge in [0.15, 0.2) is 0 Å². The molecule has 1 amide bonds.